The molecule has 1 fully saturated rings. The summed E-state index contributed by atoms with van der Waals surface area (Å²) >= 11 is 7.41. The van der Waals surface area contributed by atoms with E-state index in [1.165, 1.54) is 0 Å². The molecule has 1 saturated heterocycles. The van der Waals surface area contributed by atoms with E-state index >= 15 is 0 Å². The first kappa shape index (κ1) is 14.7. The highest BCUT2D eigenvalue weighted by Crippen LogP contribution is 2.21. The van der Waals surface area contributed by atoms with Crippen LogP contribution in [0.15, 0.2) is 29.2 Å². The first-order valence-electron chi connectivity index (χ1n) is 6.52. The Hall–Kier alpha value is -0.710. The summed E-state index contributed by atoms with van der Waals surface area (Å²) in [6.07, 6.45) is 2.24. The Balaban J connectivity index is 1.82. The van der Waals surface area contributed by atoms with E-state index in [1.54, 1.807) is 11.8 Å². The van der Waals surface area contributed by atoms with Crippen LogP contribution in [0.5, 0.6) is 0 Å². The Labute approximate surface area is 123 Å². The van der Waals surface area contributed by atoms with Crippen molar-refractivity contribution in [2.45, 2.75) is 23.8 Å². The Morgan fingerprint density at radius 3 is 2.89 bits per heavy atom. The zero-order valence-corrected chi connectivity index (χ0v) is 12.6. The quantitative estimate of drug-likeness (QED) is 0.867. The van der Waals surface area contributed by atoms with Crippen LogP contribution in [0.1, 0.15) is 12.8 Å². The summed E-state index contributed by atoms with van der Waals surface area (Å²) in [6, 6.07) is 8.05. The third-order valence-corrected chi connectivity index (χ3v) is 4.61. The molecule has 1 atom stereocenters. The van der Waals surface area contributed by atoms with Gasteiger partial charge in [0.25, 0.3) is 0 Å². The number of benzene rings is 1. The lowest BCUT2D eigenvalue weighted by Crippen LogP contribution is -2.47. The van der Waals surface area contributed by atoms with Gasteiger partial charge in [0, 0.05) is 29.0 Å². The SMILES string of the molecule is CNC1CCCN(C(=O)CSc2ccc(Cl)cc2)C1. The number of rotatable bonds is 4. The van der Waals surface area contributed by atoms with E-state index in [4.69, 9.17) is 11.6 Å². The number of hydrogen-bond donors (Lipinski definition) is 1. The van der Waals surface area contributed by atoms with Crippen molar-refractivity contribution in [3.63, 3.8) is 0 Å². The zero-order chi connectivity index (χ0) is 13.7. The van der Waals surface area contributed by atoms with Gasteiger partial charge < -0.3 is 10.2 Å². The predicted molar refractivity (Wildman–Crippen MR) is 80.8 cm³/mol. The van der Waals surface area contributed by atoms with Crippen molar-refractivity contribution in [2.24, 2.45) is 0 Å². The Kier molecular flexibility index (Phi) is 5.55. The molecule has 19 heavy (non-hydrogen) atoms. The van der Waals surface area contributed by atoms with E-state index in [1.807, 2.05) is 36.2 Å². The number of amides is 1. The molecule has 0 radical (unpaired) electrons. The minimum absolute atomic E-state index is 0.222. The van der Waals surface area contributed by atoms with E-state index in [0.29, 0.717) is 11.8 Å². The largest absolute Gasteiger partial charge is 0.340 e. The van der Waals surface area contributed by atoms with Crippen LogP contribution in [0, 0.1) is 0 Å². The first-order valence-corrected chi connectivity index (χ1v) is 7.89. The molecule has 1 aromatic rings. The molecule has 1 amide bonds. The average Bonchev–Trinajstić information content (AvgIpc) is 2.46. The molecule has 1 aliphatic rings. The van der Waals surface area contributed by atoms with E-state index in [0.717, 1.165) is 35.8 Å². The van der Waals surface area contributed by atoms with E-state index in [2.05, 4.69) is 5.32 Å². The van der Waals surface area contributed by atoms with Gasteiger partial charge in [0.1, 0.15) is 0 Å². The molecule has 1 aromatic carbocycles. The van der Waals surface area contributed by atoms with Crippen LogP contribution in [0.2, 0.25) is 5.02 Å². The normalized spacial score (nSPS) is 19.5. The predicted octanol–water partition coefficient (Wildman–Crippen LogP) is 2.64. The molecule has 0 bridgehead atoms. The maximum Gasteiger partial charge on any atom is 0.232 e. The molecule has 3 nitrogen and oxygen atoms in total. The summed E-state index contributed by atoms with van der Waals surface area (Å²) in [5, 5.41) is 3.98. The number of carbonyl (C=O) groups excluding carboxylic acids is 1. The number of halogens is 1. The van der Waals surface area contributed by atoms with E-state index in [-0.39, 0.29) is 5.91 Å². The van der Waals surface area contributed by atoms with Gasteiger partial charge in [0.05, 0.1) is 5.75 Å². The fraction of sp³-hybridized carbons (Fsp3) is 0.500. The van der Waals surface area contributed by atoms with Crippen molar-refractivity contribution in [1.82, 2.24) is 10.2 Å². The molecule has 2 rings (SSSR count). The zero-order valence-electron chi connectivity index (χ0n) is 11.1. The van der Waals surface area contributed by atoms with Crippen LogP contribution in [0.25, 0.3) is 0 Å². The maximum absolute atomic E-state index is 12.2. The number of carbonyl (C=O) groups is 1. The van der Waals surface area contributed by atoms with Crippen LogP contribution < -0.4 is 5.32 Å². The second-order valence-electron chi connectivity index (χ2n) is 4.71. The molecule has 0 spiro atoms. The topological polar surface area (TPSA) is 32.3 Å². The highest BCUT2D eigenvalue weighted by molar-refractivity contribution is 8.00. The van der Waals surface area contributed by atoms with Crippen molar-refractivity contribution in [3.05, 3.63) is 29.3 Å². The molecule has 1 N–H and O–H groups in total. The number of likely N-dealkylation sites (tertiary alicyclic amines) is 1. The van der Waals surface area contributed by atoms with Crippen molar-refractivity contribution in [3.8, 4) is 0 Å². The van der Waals surface area contributed by atoms with Gasteiger partial charge in [-0.3, -0.25) is 4.79 Å². The standard InChI is InChI=1S/C14H19ClN2OS/c1-16-12-3-2-8-17(9-12)14(18)10-19-13-6-4-11(15)5-7-13/h4-7,12,16H,2-3,8-10H2,1H3. The van der Waals surface area contributed by atoms with Gasteiger partial charge in [-0.25, -0.2) is 0 Å². The fourth-order valence-electron chi connectivity index (χ4n) is 2.21. The van der Waals surface area contributed by atoms with Crippen LogP contribution >= 0.6 is 23.4 Å². The molecular weight excluding hydrogens is 280 g/mol. The van der Waals surface area contributed by atoms with Crippen LogP contribution in [-0.4, -0.2) is 42.7 Å². The first-order chi connectivity index (χ1) is 9.19. The molecular formula is C14H19ClN2OS. The smallest absolute Gasteiger partial charge is 0.232 e. The summed E-state index contributed by atoms with van der Waals surface area (Å²) in [7, 11) is 1.96. The molecule has 1 aliphatic heterocycles. The minimum atomic E-state index is 0.222. The number of nitrogens with one attached hydrogen (secondary N) is 1. The van der Waals surface area contributed by atoms with Crippen LogP contribution in [0.3, 0.4) is 0 Å². The lowest BCUT2D eigenvalue weighted by molar-refractivity contribution is -0.129. The monoisotopic (exact) mass is 298 g/mol. The summed E-state index contributed by atoms with van der Waals surface area (Å²) in [6.45, 7) is 1.72. The number of thioether (sulfide) groups is 1. The van der Waals surface area contributed by atoms with Gasteiger partial charge in [-0.05, 0) is 44.2 Å². The Morgan fingerprint density at radius 1 is 1.47 bits per heavy atom. The Bertz CT molecular complexity index is 424. The van der Waals surface area contributed by atoms with E-state index in [9.17, 15) is 4.79 Å². The average molecular weight is 299 g/mol. The lowest BCUT2D eigenvalue weighted by Gasteiger charge is -2.32. The molecule has 0 saturated carbocycles. The summed E-state index contributed by atoms with van der Waals surface area (Å²) in [4.78, 5) is 15.2. The van der Waals surface area contributed by atoms with Gasteiger partial charge in [-0.2, -0.15) is 0 Å². The Morgan fingerprint density at radius 2 is 2.21 bits per heavy atom. The van der Waals surface area contributed by atoms with Gasteiger partial charge >= 0.3 is 0 Å². The minimum Gasteiger partial charge on any atom is -0.340 e. The highest BCUT2D eigenvalue weighted by atomic mass is 35.5. The summed E-state index contributed by atoms with van der Waals surface area (Å²) in [5.74, 6) is 0.720. The van der Waals surface area contributed by atoms with Crippen molar-refractivity contribution >= 4 is 29.3 Å². The van der Waals surface area contributed by atoms with Gasteiger partial charge in [-0.1, -0.05) is 11.6 Å². The molecule has 5 heteroatoms. The number of hydrogen-bond acceptors (Lipinski definition) is 3. The van der Waals surface area contributed by atoms with Crippen molar-refractivity contribution in [1.29, 1.82) is 0 Å². The second-order valence-corrected chi connectivity index (χ2v) is 6.20. The summed E-state index contributed by atoms with van der Waals surface area (Å²) in [5.41, 5.74) is 0. The molecule has 0 aliphatic carbocycles. The third-order valence-electron chi connectivity index (χ3n) is 3.36. The summed E-state index contributed by atoms with van der Waals surface area (Å²) < 4.78 is 0. The van der Waals surface area contributed by atoms with Crippen molar-refractivity contribution < 1.29 is 4.79 Å². The number of likely N-dealkylation sites (N-methyl/N-ethyl adjacent to an activating group) is 1. The number of nitrogens with zero attached hydrogens (tertiary/aromatic N) is 1. The molecule has 1 unspecified atom stereocenters. The highest BCUT2D eigenvalue weighted by Gasteiger charge is 2.22. The van der Waals surface area contributed by atoms with Gasteiger partial charge in [0.15, 0.2) is 0 Å². The van der Waals surface area contributed by atoms with Crippen LogP contribution in [0.4, 0.5) is 0 Å². The van der Waals surface area contributed by atoms with E-state index < -0.39 is 0 Å². The van der Waals surface area contributed by atoms with Crippen molar-refractivity contribution in [2.75, 3.05) is 25.9 Å². The second kappa shape index (κ2) is 7.17. The maximum atomic E-state index is 12.2. The molecule has 104 valence electrons. The van der Waals surface area contributed by atoms with Crippen LogP contribution in [-0.2, 0) is 4.79 Å². The fourth-order valence-corrected chi connectivity index (χ4v) is 3.13. The molecule has 1 heterocycles. The van der Waals surface area contributed by atoms with Gasteiger partial charge in [0.2, 0.25) is 5.91 Å². The number of piperidine rings is 1. The molecule has 0 aromatic heterocycles. The van der Waals surface area contributed by atoms with Gasteiger partial charge in [-0.15, -0.1) is 11.8 Å². The third kappa shape index (κ3) is 4.41. The lowest BCUT2D eigenvalue weighted by atomic mass is 10.1.